The van der Waals surface area contributed by atoms with E-state index < -0.39 is 0 Å². The number of carbonyl (C=O) groups excluding carboxylic acids is 1. The van der Waals surface area contributed by atoms with Crippen molar-refractivity contribution in [1.82, 2.24) is 4.98 Å². The van der Waals surface area contributed by atoms with Crippen molar-refractivity contribution in [3.63, 3.8) is 0 Å². The average molecular weight is 340 g/mol. The van der Waals surface area contributed by atoms with E-state index in [0.29, 0.717) is 5.13 Å². The third kappa shape index (κ3) is 4.21. The van der Waals surface area contributed by atoms with Crippen LogP contribution in [0, 0.1) is 6.92 Å². The molecule has 0 saturated heterocycles. The summed E-state index contributed by atoms with van der Waals surface area (Å²) in [6.07, 6.45) is 0. The van der Waals surface area contributed by atoms with Crippen LogP contribution in [0.1, 0.15) is 16.5 Å². The minimum absolute atomic E-state index is 0.0561. The van der Waals surface area contributed by atoms with Crippen LogP contribution < -0.4 is 5.32 Å². The minimum Gasteiger partial charge on any atom is -0.301 e. The van der Waals surface area contributed by atoms with Crippen LogP contribution in [0.4, 0.5) is 5.13 Å². The maximum absolute atomic E-state index is 12.8. The van der Waals surface area contributed by atoms with Crippen molar-refractivity contribution in [2.75, 3.05) is 5.32 Å². The molecule has 1 aromatic heterocycles. The summed E-state index contributed by atoms with van der Waals surface area (Å²) < 4.78 is 0. The molecule has 116 valence electrons. The number of carbonyl (C=O) groups is 1. The molecule has 3 nitrogen and oxygen atoms in total. The second-order valence-corrected chi connectivity index (χ2v) is 7.04. The van der Waals surface area contributed by atoms with Crippen molar-refractivity contribution in [2.45, 2.75) is 17.1 Å². The molecule has 1 amide bonds. The Morgan fingerprint density at radius 1 is 1.09 bits per heavy atom. The zero-order valence-electron chi connectivity index (χ0n) is 12.6. The summed E-state index contributed by atoms with van der Waals surface area (Å²) in [5.74, 6) is -0.0561. The summed E-state index contributed by atoms with van der Waals surface area (Å²) in [6.45, 7) is 1.92. The number of aromatic nitrogens is 1. The molecule has 0 aliphatic heterocycles. The molecule has 0 aliphatic carbocycles. The first-order valence-electron chi connectivity index (χ1n) is 7.22. The van der Waals surface area contributed by atoms with Gasteiger partial charge >= 0.3 is 0 Å². The van der Waals surface area contributed by atoms with E-state index in [-0.39, 0.29) is 11.2 Å². The molecular formula is C18H16N2OS2. The van der Waals surface area contributed by atoms with Crippen LogP contribution in [-0.2, 0) is 4.79 Å². The lowest BCUT2D eigenvalue weighted by molar-refractivity contribution is -0.115. The molecule has 0 radical (unpaired) electrons. The zero-order chi connectivity index (χ0) is 16.1. The van der Waals surface area contributed by atoms with Crippen LogP contribution in [-0.4, -0.2) is 10.9 Å². The van der Waals surface area contributed by atoms with Gasteiger partial charge in [-0.05, 0) is 24.6 Å². The Morgan fingerprint density at radius 2 is 1.74 bits per heavy atom. The number of hydrogen-bond acceptors (Lipinski definition) is 4. The highest BCUT2D eigenvalue weighted by Gasteiger charge is 2.22. The Labute approximate surface area is 143 Å². The number of rotatable bonds is 5. The fourth-order valence-electron chi connectivity index (χ4n) is 2.12. The lowest BCUT2D eigenvalue weighted by Gasteiger charge is -2.16. The molecular weight excluding hydrogens is 324 g/mol. The van der Waals surface area contributed by atoms with Gasteiger partial charge in [0.2, 0.25) is 5.91 Å². The fourth-order valence-corrected chi connectivity index (χ4v) is 3.85. The fraction of sp³-hybridized carbons (Fsp3) is 0.111. The van der Waals surface area contributed by atoms with Crippen LogP contribution in [0.3, 0.4) is 0 Å². The molecule has 23 heavy (non-hydrogen) atoms. The molecule has 0 spiro atoms. The molecule has 2 aromatic carbocycles. The van der Waals surface area contributed by atoms with Crippen molar-refractivity contribution in [3.05, 3.63) is 77.3 Å². The summed E-state index contributed by atoms with van der Waals surface area (Å²) in [4.78, 5) is 18.1. The monoisotopic (exact) mass is 340 g/mol. The van der Waals surface area contributed by atoms with Gasteiger partial charge in [0.25, 0.3) is 0 Å². The third-order valence-corrected chi connectivity index (χ3v) is 5.33. The van der Waals surface area contributed by atoms with Gasteiger partial charge in [-0.2, -0.15) is 0 Å². The molecule has 1 N–H and O–H groups in total. The number of hydrogen-bond donors (Lipinski definition) is 1. The maximum atomic E-state index is 12.8. The van der Waals surface area contributed by atoms with Gasteiger partial charge in [0.1, 0.15) is 5.25 Å². The van der Waals surface area contributed by atoms with E-state index in [1.807, 2.05) is 73.0 Å². The first kappa shape index (κ1) is 15.8. The SMILES string of the molecule is Cc1csc(NC(=O)[C@H](Sc2ccccc2)c2ccccc2)n1. The summed E-state index contributed by atoms with van der Waals surface area (Å²) in [6, 6.07) is 19.8. The summed E-state index contributed by atoms with van der Waals surface area (Å²) >= 11 is 2.99. The standard InChI is InChI=1S/C18H16N2OS2/c1-13-12-22-18(19-13)20-17(21)16(14-8-4-2-5-9-14)23-15-10-6-3-7-11-15/h2-12,16H,1H3,(H,19,20,21)/t16-/m1/s1. The van der Waals surface area contributed by atoms with Gasteiger partial charge in [0, 0.05) is 10.3 Å². The highest BCUT2D eigenvalue weighted by atomic mass is 32.2. The molecule has 1 atom stereocenters. The van der Waals surface area contributed by atoms with Gasteiger partial charge in [-0.3, -0.25) is 4.79 Å². The third-order valence-electron chi connectivity index (χ3n) is 3.19. The zero-order valence-corrected chi connectivity index (χ0v) is 14.2. The molecule has 0 saturated carbocycles. The van der Waals surface area contributed by atoms with Crippen molar-refractivity contribution in [3.8, 4) is 0 Å². The quantitative estimate of drug-likeness (QED) is 0.670. The number of benzene rings is 2. The number of thioether (sulfide) groups is 1. The van der Waals surface area contributed by atoms with E-state index >= 15 is 0 Å². The number of thiazole rings is 1. The lowest BCUT2D eigenvalue weighted by atomic mass is 10.1. The normalized spacial score (nSPS) is 11.9. The molecule has 1 heterocycles. The van der Waals surface area contributed by atoms with Crippen LogP contribution in [0.15, 0.2) is 70.9 Å². The van der Waals surface area contributed by atoms with Gasteiger partial charge in [0.05, 0.1) is 5.69 Å². The Kier molecular flexibility index (Phi) is 5.10. The second kappa shape index (κ2) is 7.44. The first-order chi connectivity index (χ1) is 11.2. The van der Waals surface area contributed by atoms with E-state index in [1.165, 1.54) is 11.3 Å². The Bertz CT molecular complexity index is 772. The molecule has 3 aromatic rings. The molecule has 0 unspecified atom stereocenters. The van der Waals surface area contributed by atoms with Crippen molar-refractivity contribution < 1.29 is 4.79 Å². The number of amides is 1. The van der Waals surface area contributed by atoms with Crippen molar-refractivity contribution in [2.24, 2.45) is 0 Å². The second-order valence-electron chi connectivity index (χ2n) is 5.00. The predicted molar refractivity (Wildman–Crippen MR) is 97.0 cm³/mol. The first-order valence-corrected chi connectivity index (χ1v) is 8.98. The summed E-state index contributed by atoms with van der Waals surface area (Å²) in [5, 5.41) is 5.18. The van der Waals surface area contributed by atoms with Crippen LogP contribution in [0.2, 0.25) is 0 Å². The average Bonchev–Trinajstić information content (AvgIpc) is 2.99. The smallest absolute Gasteiger partial charge is 0.244 e. The number of nitrogens with zero attached hydrogens (tertiary/aromatic N) is 1. The van der Waals surface area contributed by atoms with Crippen molar-refractivity contribution in [1.29, 1.82) is 0 Å². The van der Waals surface area contributed by atoms with Crippen LogP contribution in [0.25, 0.3) is 0 Å². The Morgan fingerprint density at radius 3 is 2.35 bits per heavy atom. The molecule has 3 rings (SSSR count). The van der Waals surface area contributed by atoms with E-state index in [9.17, 15) is 4.79 Å². The summed E-state index contributed by atoms with van der Waals surface area (Å²) in [5.41, 5.74) is 1.89. The Hall–Kier alpha value is -2.11. The van der Waals surface area contributed by atoms with Gasteiger partial charge in [-0.1, -0.05) is 48.5 Å². The molecule has 0 aliphatic rings. The van der Waals surface area contributed by atoms with Crippen LogP contribution >= 0.6 is 23.1 Å². The van der Waals surface area contributed by atoms with Gasteiger partial charge in [-0.15, -0.1) is 23.1 Å². The van der Waals surface area contributed by atoms with Gasteiger partial charge < -0.3 is 5.32 Å². The maximum Gasteiger partial charge on any atom is 0.244 e. The molecule has 0 bridgehead atoms. The topological polar surface area (TPSA) is 42.0 Å². The van der Waals surface area contributed by atoms with E-state index in [0.717, 1.165) is 16.2 Å². The highest BCUT2D eigenvalue weighted by molar-refractivity contribution is 8.00. The summed E-state index contributed by atoms with van der Waals surface area (Å²) in [7, 11) is 0. The highest BCUT2D eigenvalue weighted by Crippen LogP contribution is 2.36. The van der Waals surface area contributed by atoms with E-state index in [1.54, 1.807) is 11.8 Å². The minimum atomic E-state index is -0.317. The van der Waals surface area contributed by atoms with E-state index in [2.05, 4.69) is 10.3 Å². The van der Waals surface area contributed by atoms with E-state index in [4.69, 9.17) is 0 Å². The predicted octanol–water partition coefficient (Wildman–Crippen LogP) is 4.92. The molecule has 5 heteroatoms. The lowest BCUT2D eigenvalue weighted by Crippen LogP contribution is -2.18. The molecule has 0 fully saturated rings. The Balaban J connectivity index is 1.84. The number of anilines is 1. The van der Waals surface area contributed by atoms with Gasteiger partial charge in [0.15, 0.2) is 5.13 Å². The number of aryl methyl sites for hydroxylation is 1. The number of nitrogens with one attached hydrogen (secondary N) is 1. The van der Waals surface area contributed by atoms with Crippen molar-refractivity contribution >= 4 is 34.1 Å². The van der Waals surface area contributed by atoms with Crippen LogP contribution in [0.5, 0.6) is 0 Å². The van der Waals surface area contributed by atoms with Gasteiger partial charge in [-0.25, -0.2) is 4.98 Å². The largest absolute Gasteiger partial charge is 0.301 e.